The van der Waals surface area contributed by atoms with E-state index in [4.69, 9.17) is 10.5 Å². The number of ether oxygens (including phenoxy) is 1. The van der Waals surface area contributed by atoms with E-state index in [1.54, 1.807) is 25.6 Å². The number of hydrogen-bond acceptors (Lipinski definition) is 7. The molecule has 35 heavy (non-hydrogen) atoms. The number of nitrogens with zero attached hydrogens (tertiary/aromatic N) is 6. The maximum atomic E-state index is 14.0. The summed E-state index contributed by atoms with van der Waals surface area (Å²) in [5.74, 6) is 0.525. The van der Waals surface area contributed by atoms with Gasteiger partial charge in [0, 0.05) is 55.2 Å². The first-order valence-electron chi connectivity index (χ1n) is 12.6. The fourth-order valence-electron chi connectivity index (χ4n) is 5.64. The van der Waals surface area contributed by atoms with Gasteiger partial charge in [-0.15, -0.1) is 0 Å². The number of allylic oxidation sites excluding steroid dienone is 1. The van der Waals surface area contributed by atoms with Gasteiger partial charge in [-0.1, -0.05) is 0 Å². The van der Waals surface area contributed by atoms with E-state index in [0.717, 1.165) is 82.5 Å². The average molecular weight is 484 g/mol. The molecular formula is C25H34FN7O2. The van der Waals surface area contributed by atoms with E-state index in [-0.39, 0.29) is 29.6 Å². The lowest BCUT2D eigenvalue weighted by atomic mass is 9.93. The molecule has 2 N–H and O–H groups in total. The molecule has 2 aromatic heterocycles. The first-order valence-corrected chi connectivity index (χ1v) is 12.6. The van der Waals surface area contributed by atoms with Crippen LogP contribution in [-0.2, 0) is 17.8 Å². The van der Waals surface area contributed by atoms with Crippen LogP contribution in [-0.4, -0.2) is 68.5 Å². The van der Waals surface area contributed by atoms with Crippen LogP contribution >= 0.6 is 0 Å². The van der Waals surface area contributed by atoms with Crippen molar-refractivity contribution in [2.75, 3.05) is 39.0 Å². The Balaban J connectivity index is 1.16. The summed E-state index contributed by atoms with van der Waals surface area (Å²) >= 11 is 0. The number of carbonyl (C=O) groups is 1. The second kappa shape index (κ2) is 10.3. The number of carbonyl (C=O) groups excluding carboxylic acids is 1. The van der Waals surface area contributed by atoms with Crippen LogP contribution in [0.25, 0.3) is 6.08 Å². The first-order chi connectivity index (χ1) is 17.0. The second-order valence-electron chi connectivity index (χ2n) is 9.80. The van der Waals surface area contributed by atoms with Crippen molar-refractivity contribution < 1.29 is 13.9 Å². The summed E-state index contributed by atoms with van der Waals surface area (Å²) in [6.07, 6.45) is 10.5. The zero-order valence-electron chi connectivity index (χ0n) is 20.3. The molecule has 3 aliphatic rings. The van der Waals surface area contributed by atoms with Gasteiger partial charge in [0.1, 0.15) is 5.83 Å². The van der Waals surface area contributed by atoms with Crippen LogP contribution < -0.4 is 10.5 Å². The van der Waals surface area contributed by atoms with Gasteiger partial charge >= 0.3 is 0 Å². The third-order valence-corrected chi connectivity index (χ3v) is 7.52. The van der Waals surface area contributed by atoms with Crippen molar-refractivity contribution in [3.05, 3.63) is 35.2 Å². The van der Waals surface area contributed by atoms with Crippen LogP contribution in [0.5, 0.6) is 6.01 Å². The van der Waals surface area contributed by atoms with Crippen molar-refractivity contribution in [3.8, 4) is 6.01 Å². The van der Waals surface area contributed by atoms with Gasteiger partial charge in [0.05, 0.1) is 12.8 Å². The van der Waals surface area contributed by atoms with E-state index in [1.807, 2.05) is 4.90 Å². The largest absolute Gasteiger partial charge is 0.468 e. The molecule has 188 valence electrons. The fourth-order valence-corrected chi connectivity index (χ4v) is 5.64. The van der Waals surface area contributed by atoms with E-state index in [9.17, 15) is 9.18 Å². The van der Waals surface area contributed by atoms with E-state index < -0.39 is 0 Å². The second-order valence-corrected chi connectivity index (χ2v) is 9.80. The van der Waals surface area contributed by atoms with Gasteiger partial charge in [-0.05, 0) is 64.1 Å². The van der Waals surface area contributed by atoms with Crippen LogP contribution in [0.15, 0.2) is 18.2 Å². The number of imidazole rings is 1. The third kappa shape index (κ3) is 5.17. The summed E-state index contributed by atoms with van der Waals surface area (Å²) in [6, 6.07) is 0.758. The van der Waals surface area contributed by atoms with Gasteiger partial charge in [0.25, 0.3) is 6.01 Å². The number of likely N-dealkylation sites (tertiary alicyclic amines) is 2. The topological polar surface area (TPSA) is 102 Å². The predicted octanol–water partition coefficient (Wildman–Crippen LogP) is 2.99. The highest BCUT2D eigenvalue weighted by molar-refractivity contribution is 5.79. The lowest BCUT2D eigenvalue weighted by Gasteiger charge is -2.38. The van der Waals surface area contributed by atoms with Crippen molar-refractivity contribution >= 4 is 17.9 Å². The smallest absolute Gasteiger partial charge is 0.297 e. The minimum Gasteiger partial charge on any atom is -0.468 e. The van der Waals surface area contributed by atoms with E-state index in [0.29, 0.717) is 18.1 Å². The molecular weight excluding hydrogens is 449 g/mol. The molecule has 0 spiro atoms. The van der Waals surface area contributed by atoms with Crippen molar-refractivity contribution in [2.24, 2.45) is 5.92 Å². The number of nitrogen functional groups attached to an aromatic ring is 1. The molecule has 0 saturated carbocycles. The zero-order valence-corrected chi connectivity index (χ0v) is 20.3. The Labute approximate surface area is 205 Å². The Kier molecular flexibility index (Phi) is 6.99. The molecule has 0 unspecified atom stereocenters. The van der Waals surface area contributed by atoms with E-state index in [2.05, 4.69) is 24.4 Å². The standard InChI is InChI=1S/C25H34FN7O2/c1-35-25-30-21-13-19(26)3-2-4-22(21)33(25)20-7-11-32(12-8-20)23(34)18-5-9-31(10-6-18)16-17-14-28-24(27)29-15-17/h13-15,18,20H,2-12,16H2,1H3,(H2,27,28,29). The quantitative estimate of drug-likeness (QED) is 0.697. The molecule has 0 bridgehead atoms. The summed E-state index contributed by atoms with van der Waals surface area (Å²) in [4.78, 5) is 30.3. The van der Waals surface area contributed by atoms with Gasteiger partial charge in [0.15, 0.2) is 0 Å². The zero-order chi connectivity index (χ0) is 24.4. The molecule has 1 amide bonds. The fraction of sp³-hybridized carbons (Fsp3) is 0.600. The van der Waals surface area contributed by atoms with Gasteiger partial charge in [0.2, 0.25) is 11.9 Å². The SMILES string of the molecule is COc1nc2c(n1C1CCN(C(=O)C3CCN(Cc4cnc(N)nc4)CC3)CC1)CCCC(F)=C2. The summed E-state index contributed by atoms with van der Waals surface area (Å²) in [7, 11) is 1.61. The highest BCUT2D eigenvalue weighted by Crippen LogP contribution is 2.35. The molecule has 2 aromatic rings. The molecule has 10 heteroatoms. The van der Waals surface area contributed by atoms with E-state index >= 15 is 0 Å². The first kappa shape index (κ1) is 23.7. The number of halogens is 1. The molecule has 1 aliphatic carbocycles. The molecule has 9 nitrogen and oxygen atoms in total. The monoisotopic (exact) mass is 483 g/mol. The van der Waals surface area contributed by atoms with Crippen LogP contribution in [0.2, 0.25) is 0 Å². The minimum absolute atomic E-state index is 0.0811. The Morgan fingerprint density at radius 2 is 1.83 bits per heavy atom. The Bertz CT molecular complexity index is 1070. The third-order valence-electron chi connectivity index (χ3n) is 7.52. The van der Waals surface area contributed by atoms with Crippen LogP contribution in [0.3, 0.4) is 0 Å². The number of hydrogen-bond donors (Lipinski definition) is 1. The van der Waals surface area contributed by atoms with Crippen molar-refractivity contribution in [1.82, 2.24) is 29.3 Å². The highest BCUT2D eigenvalue weighted by atomic mass is 19.1. The molecule has 2 saturated heterocycles. The molecule has 0 aromatic carbocycles. The molecule has 0 atom stereocenters. The summed E-state index contributed by atoms with van der Waals surface area (Å²) < 4.78 is 21.7. The highest BCUT2D eigenvalue weighted by Gasteiger charge is 2.33. The summed E-state index contributed by atoms with van der Waals surface area (Å²) in [5, 5.41) is 0. The van der Waals surface area contributed by atoms with Gasteiger partial charge in [-0.2, -0.15) is 4.98 Å². The minimum atomic E-state index is -0.121. The van der Waals surface area contributed by atoms with Crippen LogP contribution in [0, 0.1) is 5.92 Å². The number of piperidine rings is 2. The average Bonchev–Trinajstić information content (AvgIpc) is 3.11. The predicted molar refractivity (Wildman–Crippen MR) is 130 cm³/mol. The lowest BCUT2D eigenvalue weighted by molar-refractivity contribution is -0.138. The normalized spacial score (nSPS) is 20.3. The van der Waals surface area contributed by atoms with Crippen LogP contribution in [0.4, 0.5) is 10.3 Å². The number of methoxy groups -OCH3 is 1. The lowest BCUT2D eigenvalue weighted by Crippen LogP contribution is -2.45. The number of aromatic nitrogens is 4. The summed E-state index contributed by atoms with van der Waals surface area (Å²) in [5.41, 5.74) is 8.35. The maximum absolute atomic E-state index is 14.0. The molecule has 2 aliphatic heterocycles. The summed E-state index contributed by atoms with van der Waals surface area (Å²) in [6.45, 7) is 4.02. The van der Waals surface area contributed by atoms with Gasteiger partial charge < -0.3 is 15.4 Å². The van der Waals surface area contributed by atoms with Crippen molar-refractivity contribution in [2.45, 2.75) is 57.5 Å². The molecule has 0 radical (unpaired) electrons. The number of anilines is 1. The molecule has 4 heterocycles. The maximum Gasteiger partial charge on any atom is 0.297 e. The van der Waals surface area contributed by atoms with Crippen LogP contribution in [0.1, 0.15) is 61.5 Å². The van der Waals surface area contributed by atoms with Gasteiger partial charge in [-0.3, -0.25) is 14.3 Å². The van der Waals surface area contributed by atoms with Crippen molar-refractivity contribution in [3.63, 3.8) is 0 Å². The Morgan fingerprint density at radius 1 is 1.11 bits per heavy atom. The van der Waals surface area contributed by atoms with Gasteiger partial charge in [-0.25, -0.2) is 14.4 Å². The Morgan fingerprint density at radius 3 is 2.51 bits per heavy atom. The number of nitrogens with two attached hydrogens (primary N) is 1. The number of amides is 1. The van der Waals surface area contributed by atoms with E-state index in [1.165, 1.54) is 0 Å². The molecule has 5 rings (SSSR count). The Hall–Kier alpha value is -3.01. The molecule has 2 fully saturated rings. The number of fused-ring (bicyclic) bond motifs is 1. The number of rotatable bonds is 5. The van der Waals surface area contributed by atoms with Crippen molar-refractivity contribution in [1.29, 1.82) is 0 Å².